The zero-order valence-electron chi connectivity index (χ0n) is 11.8. The first-order valence-electron chi connectivity index (χ1n) is 7.12. The van der Waals surface area contributed by atoms with Gasteiger partial charge < -0.3 is 0 Å². The van der Waals surface area contributed by atoms with Crippen LogP contribution < -0.4 is 4.72 Å². The Hall–Kier alpha value is -0.580. The molecule has 1 aromatic rings. The van der Waals surface area contributed by atoms with Gasteiger partial charge in [0.1, 0.15) is 0 Å². The second kappa shape index (κ2) is 6.46. The van der Waals surface area contributed by atoms with Crippen molar-refractivity contribution in [3.05, 3.63) is 35.9 Å². The summed E-state index contributed by atoms with van der Waals surface area (Å²) in [5, 5.41) is -0.275. The lowest BCUT2D eigenvalue weighted by Crippen LogP contribution is -2.48. The highest BCUT2D eigenvalue weighted by Gasteiger charge is 2.35. The van der Waals surface area contributed by atoms with Crippen LogP contribution in [0.4, 0.5) is 0 Å². The molecule has 2 rings (SSSR count). The van der Waals surface area contributed by atoms with Crippen LogP contribution in [0.2, 0.25) is 0 Å². The number of sulfonamides is 1. The number of hydrogen-bond donors (Lipinski definition) is 1. The van der Waals surface area contributed by atoms with Gasteiger partial charge in [-0.3, -0.25) is 0 Å². The summed E-state index contributed by atoms with van der Waals surface area (Å²) in [4.78, 5) is 0. The molecule has 0 bridgehead atoms. The van der Waals surface area contributed by atoms with Gasteiger partial charge in [0.05, 0.1) is 10.8 Å². The molecule has 5 heteroatoms. The molecular weight excluding hydrogens is 294 g/mol. The minimum Gasteiger partial charge on any atom is -0.212 e. The summed E-state index contributed by atoms with van der Waals surface area (Å²) in [5.74, 6) is 0.211. The van der Waals surface area contributed by atoms with Crippen LogP contribution in [0.5, 0.6) is 0 Å². The summed E-state index contributed by atoms with van der Waals surface area (Å²) >= 11 is 6.06. The van der Waals surface area contributed by atoms with Crippen molar-refractivity contribution in [1.82, 2.24) is 4.72 Å². The predicted octanol–water partition coefficient (Wildman–Crippen LogP) is 3.39. The lowest BCUT2D eigenvalue weighted by Gasteiger charge is -2.32. The van der Waals surface area contributed by atoms with Gasteiger partial charge in [-0.15, -0.1) is 11.6 Å². The van der Waals surface area contributed by atoms with Crippen molar-refractivity contribution >= 4 is 21.6 Å². The highest BCUT2D eigenvalue weighted by Crippen LogP contribution is 2.28. The molecule has 0 radical (unpaired) electrons. The topological polar surface area (TPSA) is 46.2 Å². The molecule has 0 aromatic heterocycles. The van der Waals surface area contributed by atoms with Crippen molar-refractivity contribution in [2.45, 2.75) is 49.8 Å². The Bertz CT molecular complexity index is 526. The maximum atomic E-state index is 12.6. The summed E-state index contributed by atoms with van der Waals surface area (Å²) in [6, 6.07) is 9.52. The van der Waals surface area contributed by atoms with Gasteiger partial charge in [-0.1, -0.05) is 49.6 Å². The third-order valence-corrected chi connectivity index (χ3v) is 6.66. The fourth-order valence-electron chi connectivity index (χ4n) is 2.74. The van der Waals surface area contributed by atoms with E-state index in [2.05, 4.69) is 4.72 Å². The van der Waals surface area contributed by atoms with E-state index in [1.165, 1.54) is 0 Å². The van der Waals surface area contributed by atoms with Crippen molar-refractivity contribution in [2.75, 3.05) is 5.88 Å². The lowest BCUT2D eigenvalue weighted by atomic mass is 9.96. The second-order valence-electron chi connectivity index (χ2n) is 5.74. The Balaban J connectivity index is 2.20. The van der Waals surface area contributed by atoms with Gasteiger partial charge in [0.2, 0.25) is 10.0 Å². The van der Waals surface area contributed by atoms with Gasteiger partial charge in [-0.25, -0.2) is 13.1 Å². The number of nitrogens with one attached hydrogen (secondary N) is 1. The Kier molecular flexibility index (Phi) is 5.10. The molecule has 0 spiro atoms. The van der Waals surface area contributed by atoms with Crippen LogP contribution >= 0.6 is 11.6 Å². The molecule has 1 aliphatic carbocycles. The van der Waals surface area contributed by atoms with E-state index >= 15 is 0 Å². The van der Waals surface area contributed by atoms with Crippen LogP contribution in [0, 0.1) is 0 Å². The first-order chi connectivity index (χ1) is 9.48. The van der Waals surface area contributed by atoms with Crippen molar-refractivity contribution in [3.63, 3.8) is 0 Å². The van der Waals surface area contributed by atoms with Gasteiger partial charge in [0.15, 0.2) is 0 Å². The van der Waals surface area contributed by atoms with Crippen molar-refractivity contribution in [3.8, 4) is 0 Å². The van der Waals surface area contributed by atoms with Crippen molar-refractivity contribution < 1.29 is 8.42 Å². The second-order valence-corrected chi connectivity index (χ2v) is 7.97. The highest BCUT2D eigenvalue weighted by atomic mass is 35.5. The summed E-state index contributed by atoms with van der Waals surface area (Å²) in [6.07, 6.45) is 4.63. The lowest BCUT2D eigenvalue weighted by molar-refractivity contribution is 0.442. The van der Waals surface area contributed by atoms with Gasteiger partial charge >= 0.3 is 0 Å². The first-order valence-corrected chi connectivity index (χ1v) is 9.20. The van der Waals surface area contributed by atoms with Crippen LogP contribution in [0.25, 0.3) is 0 Å². The molecule has 0 heterocycles. The maximum Gasteiger partial charge on any atom is 0.215 e. The zero-order chi connectivity index (χ0) is 14.6. The number of alkyl halides is 1. The molecule has 1 fully saturated rings. The average Bonchev–Trinajstić information content (AvgIpc) is 2.48. The number of hydrogen-bond acceptors (Lipinski definition) is 2. The summed E-state index contributed by atoms with van der Waals surface area (Å²) in [6.45, 7) is 1.84. The Morgan fingerprint density at radius 2 is 1.80 bits per heavy atom. The zero-order valence-corrected chi connectivity index (χ0v) is 13.4. The van der Waals surface area contributed by atoms with Crippen LogP contribution in [-0.2, 0) is 15.6 Å². The molecule has 0 amide bonds. The van der Waals surface area contributed by atoms with E-state index in [0.29, 0.717) is 0 Å². The standard InChI is InChI=1S/C15H22ClNO2S/c1-15(12-16,13-8-4-2-5-9-13)17-20(18,19)14-10-6-3-7-11-14/h2,4-5,8-9,14,17H,3,6-7,10-12H2,1H3. The van der Waals surface area contributed by atoms with E-state index < -0.39 is 15.6 Å². The predicted molar refractivity (Wildman–Crippen MR) is 83.4 cm³/mol. The van der Waals surface area contributed by atoms with Crippen LogP contribution in [0.1, 0.15) is 44.6 Å². The van der Waals surface area contributed by atoms with E-state index in [0.717, 1.165) is 37.7 Å². The van der Waals surface area contributed by atoms with Gasteiger partial charge in [0, 0.05) is 5.88 Å². The first kappa shape index (κ1) is 15.8. The van der Waals surface area contributed by atoms with Crippen molar-refractivity contribution in [1.29, 1.82) is 0 Å². The van der Waals surface area contributed by atoms with E-state index in [4.69, 9.17) is 11.6 Å². The highest BCUT2D eigenvalue weighted by molar-refractivity contribution is 7.90. The molecule has 1 atom stereocenters. The SMILES string of the molecule is CC(CCl)(NS(=O)(=O)C1CCCCC1)c1ccccc1. The van der Waals surface area contributed by atoms with Crippen LogP contribution in [-0.4, -0.2) is 19.5 Å². The number of halogens is 1. The fraction of sp³-hybridized carbons (Fsp3) is 0.600. The Labute approximate surface area is 126 Å². The molecule has 0 saturated heterocycles. The summed E-state index contributed by atoms with van der Waals surface area (Å²) in [7, 11) is -3.34. The maximum absolute atomic E-state index is 12.6. The molecular formula is C15H22ClNO2S. The number of benzene rings is 1. The Morgan fingerprint density at radius 3 is 2.35 bits per heavy atom. The van der Waals surface area contributed by atoms with E-state index in [1.54, 1.807) is 0 Å². The molecule has 1 unspecified atom stereocenters. The largest absolute Gasteiger partial charge is 0.215 e. The third kappa shape index (κ3) is 3.54. The fourth-order valence-corrected chi connectivity index (χ4v) is 4.98. The van der Waals surface area contributed by atoms with Crippen LogP contribution in [0.15, 0.2) is 30.3 Å². The molecule has 1 saturated carbocycles. The smallest absolute Gasteiger partial charge is 0.212 e. The molecule has 0 aliphatic heterocycles. The molecule has 112 valence electrons. The van der Waals surface area contributed by atoms with Crippen molar-refractivity contribution in [2.24, 2.45) is 0 Å². The average molecular weight is 316 g/mol. The van der Waals surface area contributed by atoms with Crippen LogP contribution in [0.3, 0.4) is 0 Å². The number of rotatable bonds is 5. The molecule has 1 N–H and O–H groups in total. The van der Waals surface area contributed by atoms with E-state index in [-0.39, 0.29) is 11.1 Å². The minimum atomic E-state index is -3.34. The monoisotopic (exact) mass is 315 g/mol. The molecule has 20 heavy (non-hydrogen) atoms. The Morgan fingerprint density at radius 1 is 1.20 bits per heavy atom. The molecule has 1 aliphatic rings. The van der Waals surface area contributed by atoms with Gasteiger partial charge in [-0.05, 0) is 25.3 Å². The van der Waals surface area contributed by atoms with Gasteiger partial charge in [-0.2, -0.15) is 0 Å². The van der Waals surface area contributed by atoms with Gasteiger partial charge in [0.25, 0.3) is 0 Å². The van der Waals surface area contributed by atoms with E-state index in [9.17, 15) is 8.42 Å². The summed E-state index contributed by atoms with van der Waals surface area (Å²) in [5.41, 5.74) is 0.147. The molecule has 3 nitrogen and oxygen atoms in total. The normalized spacial score (nSPS) is 20.5. The van der Waals surface area contributed by atoms with E-state index in [1.807, 2.05) is 37.3 Å². The minimum absolute atomic E-state index is 0.211. The quantitative estimate of drug-likeness (QED) is 0.847. The third-order valence-electron chi connectivity index (χ3n) is 4.04. The molecule has 1 aromatic carbocycles. The summed E-state index contributed by atoms with van der Waals surface area (Å²) < 4.78 is 28.0.